The first-order valence-corrected chi connectivity index (χ1v) is 8.55. The number of aromatic nitrogens is 3. The lowest BCUT2D eigenvalue weighted by Gasteiger charge is -2.11. The number of nitrogen functional groups attached to an aromatic ring is 1. The summed E-state index contributed by atoms with van der Waals surface area (Å²) in [5, 5.41) is 7.30. The van der Waals surface area contributed by atoms with Gasteiger partial charge in [0.25, 0.3) is 5.56 Å². The average molecular weight is 373 g/mol. The maximum atomic E-state index is 14.8. The van der Waals surface area contributed by atoms with Gasteiger partial charge in [0.1, 0.15) is 5.82 Å². The Labute approximate surface area is 159 Å². The Bertz CT molecular complexity index is 1270. The van der Waals surface area contributed by atoms with E-state index in [-0.39, 0.29) is 12.1 Å². The van der Waals surface area contributed by atoms with Crippen molar-refractivity contribution in [3.05, 3.63) is 88.4 Å². The minimum absolute atomic E-state index is 0.0739. The van der Waals surface area contributed by atoms with Crippen molar-refractivity contribution in [1.29, 1.82) is 5.41 Å². The first-order valence-electron chi connectivity index (χ1n) is 8.55. The second kappa shape index (κ2) is 7.03. The number of pyridine rings is 1. The van der Waals surface area contributed by atoms with Crippen molar-refractivity contribution >= 4 is 22.9 Å². The molecule has 0 bridgehead atoms. The number of anilines is 1. The van der Waals surface area contributed by atoms with Gasteiger partial charge in [0.15, 0.2) is 0 Å². The summed E-state index contributed by atoms with van der Waals surface area (Å²) in [5.74, 6) is -0.423. The zero-order valence-corrected chi connectivity index (χ0v) is 14.8. The summed E-state index contributed by atoms with van der Waals surface area (Å²) in [5.41, 5.74) is 9.63. The van der Waals surface area contributed by atoms with Gasteiger partial charge in [-0.05, 0) is 29.3 Å². The fraction of sp³-hybridized carbons (Fsp3) is 0.0476. The predicted octanol–water partition coefficient (Wildman–Crippen LogP) is 3.23. The van der Waals surface area contributed by atoms with Crippen molar-refractivity contribution in [2.75, 3.05) is 5.73 Å². The highest BCUT2D eigenvalue weighted by Gasteiger charge is 2.10. The van der Waals surface area contributed by atoms with E-state index >= 15 is 0 Å². The first kappa shape index (κ1) is 17.5. The molecular weight excluding hydrogens is 357 g/mol. The Morgan fingerprint density at radius 3 is 2.64 bits per heavy atom. The van der Waals surface area contributed by atoms with Crippen LogP contribution < -0.4 is 11.3 Å². The number of halogens is 1. The van der Waals surface area contributed by atoms with Crippen LogP contribution in [-0.2, 0) is 6.54 Å². The van der Waals surface area contributed by atoms with E-state index in [9.17, 15) is 9.18 Å². The number of nitrogens with one attached hydrogen (secondary N) is 1. The van der Waals surface area contributed by atoms with Crippen LogP contribution in [0.25, 0.3) is 22.2 Å². The van der Waals surface area contributed by atoms with Crippen molar-refractivity contribution < 1.29 is 4.39 Å². The lowest BCUT2D eigenvalue weighted by molar-refractivity contribution is 0.599. The second-order valence-electron chi connectivity index (χ2n) is 6.34. The highest BCUT2D eigenvalue weighted by Crippen LogP contribution is 2.25. The van der Waals surface area contributed by atoms with Crippen molar-refractivity contribution in [3.8, 4) is 11.1 Å². The maximum Gasteiger partial charge on any atom is 0.269 e. The summed E-state index contributed by atoms with van der Waals surface area (Å²) in [7, 11) is 0. The van der Waals surface area contributed by atoms with E-state index < -0.39 is 5.82 Å². The molecule has 4 rings (SSSR count). The van der Waals surface area contributed by atoms with E-state index in [2.05, 4.69) is 9.97 Å². The van der Waals surface area contributed by atoms with E-state index in [1.54, 1.807) is 48.8 Å². The van der Waals surface area contributed by atoms with E-state index in [1.807, 2.05) is 0 Å². The van der Waals surface area contributed by atoms with Gasteiger partial charge < -0.3 is 11.1 Å². The zero-order valence-electron chi connectivity index (χ0n) is 14.8. The van der Waals surface area contributed by atoms with Crippen LogP contribution >= 0.6 is 0 Å². The van der Waals surface area contributed by atoms with E-state index in [1.165, 1.54) is 23.0 Å². The summed E-state index contributed by atoms with van der Waals surface area (Å²) >= 11 is 0. The van der Waals surface area contributed by atoms with E-state index in [0.29, 0.717) is 33.4 Å². The number of rotatable bonds is 4. The standard InChI is InChI=1S/C21H16FN5O/c22-17-7-13(14-1-3-15(9-23)18(24)8-14)2-4-16(17)12-27-20-10-25-6-5-19(20)26-11-21(27)28/h1-11,23H,12,24H2. The molecule has 4 aromatic rings. The molecule has 138 valence electrons. The van der Waals surface area contributed by atoms with Gasteiger partial charge in [0.05, 0.1) is 30.0 Å². The van der Waals surface area contributed by atoms with Crippen LogP contribution in [0.15, 0.2) is 65.8 Å². The Kier molecular flexibility index (Phi) is 4.41. The van der Waals surface area contributed by atoms with Crippen molar-refractivity contribution in [1.82, 2.24) is 14.5 Å². The Morgan fingerprint density at radius 1 is 1.11 bits per heavy atom. The molecule has 0 amide bonds. The fourth-order valence-corrected chi connectivity index (χ4v) is 3.08. The van der Waals surface area contributed by atoms with Crippen LogP contribution in [0.1, 0.15) is 11.1 Å². The predicted molar refractivity (Wildman–Crippen MR) is 107 cm³/mol. The first-order chi connectivity index (χ1) is 13.6. The Morgan fingerprint density at radius 2 is 1.89 bits per heavy atom. The summed E-state index contributed by atoms with van der Waals surface area (Å²) < 4.78 is 16.2. The van der Waals surface area contributed by atoms with Gasteiger partial charge in [-0.15, -0.1) is 0 Å². The van der Waals surface area contributed by atoms with Crippen LogP contribution in [0.4, 0.5) is 10.1 Å². The third-order valence-electron chi connectivity index (χ3n) is 4.61. The fourth-order valence-electron chi connectivity index (χ4n) is 3.08. The lowest BCUT2D eigenvalue weighted by Crippen LogP contribution is -2.21. The largest absolute Gasteiger partial charge is 0.398 e. The number of benzene rings is 2. The summed E-state index contributed by atoms with van der Waals surface area (Å²) in [6.45, 7) is 0.0739. The SMILES string of the molecule is N=Cc1ccc(-c2ccc(Cn3c(=O)cnc4ccncc43)c(F)c2)cc1N. The topological polar surface area (TPSA) is 97.6 Å². The van der Waals surface area contributed by atoms with E-state index in [4.69, 9.17) is 11.1 Å². The third kappa shape index (κ3) is 3.14. The van der Waals surface area contributed by atoms with Crippen LogP contribution in [0.3, 0.4) is 0 Å². The minimum atomic E-state index is -0.423. The molecule has 2 aromatic heterocycles. The summed E-state index contributed by atoms with van der Waals surface area (Å²) in [4.78, 5) is 20.4. The number of nitrogens with two attached hydrogens (primary N) is 1. The lowest BCUT2D eigenvalue weighted by atomic mass is 10.0. The highest BCUT2D eigenvalue weighted by molar-refractivity contribution is 5.87. The van der Waals surface area contributed by atoms with Crippen molar-refractivity contribution in [2.24, 2.45) is 0 Å². The van der Waals surface area contributed by atoms with Crippen molar-refractivity contribution in [3.63, 3.8) is 0 Å². The van der Waals surface area contributed by atoms with Crippen LogP contribution in [-0.4, -0.2) is 20.7 Å². The molecule has 0 aliphatic heterocycles. The summed E-state index contributed by atoms with van der Waals surface area (Å²) in [6.07, 6.45) is 5.54. The molecular formula is C21H16FN5O. The molecule has 3 N–H and O–H groups in total. The number of hydrogen-bond acceptors (Lipinski definition) is 5. The van der Waals surface area contributed by atoms with Gasteiger partial charge in [-0.1, -0.05) is 24.3 Å². The molecule has 0 aliphatic carbocycles. The van der Waals surface area contributed by atoms with Crippen LogP contribution in [0.5, 0.6) is 0 Å². The summed E-state index contributed by atoms with van der Waals surface area (Å²) in [6, 6.07) is 11.8. The monoisotopic (exact) mass is 373 g/mol. The third-order valence-corrected chi connectivity index (χ3v) is 4.61. The average Bonchev–Trinajstić information content (AvgIpc) is 2.71. The molecule has 2 aromatic carbocycles. The van der Waals surface area contributed by atoms with Crippen LogP contribution in [0, 0.1) is 11.2 Å². The molecule has 7 heteroatoms. The molecule has 0 unspecified atom stereocenters. The molecule has 0 saturated heterocycles. The molecule has 6 nitrogen and oxygen atoms in total. The molecule has 0 spiro atoms. The van der Waals surface area contributed by atoms with Gasteiger partial charge >= 0.3 is 0 Å². The Balaban J connectivity index is 1.72. The van der Waals surface area contributed by atoms with Gasteiger partial charge in [-0.3, -0.25) is 14.3 Å². The second-order valence-corrected chi connectivity index (χ2v) is 6.34. The molecule has 28 heavy (non-hydrogen) atoms. The number of fused-ring (bicyclic) bond motifs is 1. The van der Waals surface area contributed by atoms with Crippen LogP contribution in [0.2, 0.25) is 0 Å². The number of nitrogens with zero attached hydrogens (tertiary/aromatic N) is 3. The normalized spacial score (nSPS) is 10.9. The minimum Gasteiger partial charge on any atom is -0.398 e. The van der Waals surface area contributed by atoms with Crippen molar-refractivity contribution in [2.45, 2.75) is 6.54 Å². The zero-order chi connectivity index (χ0) is 19.7. The quantitative estimate of drug-likeness (QED) is 0.424. The number of hydrogen-bond donors (Lipinski definition) is 2. The smallest absolute Gasteiger partial charge is 0.269 e. The molecule has 2 heterocycles. The molecule has 0 atom stereocenters. The molecule has 0 aliphatic rings. The molecule has 0 saturated carbocycles. The molecule has 0 radical (unpaired) electrons. The van der Waals surface area contributed by atoms with Gasteiger partial charge in [0.2, 0.25) is 0 Å². The Hall–Kier alpha value is -3.87. The van der Waals surface area contributed by atoms with Gasteiger partial charge in [-0.2, -0.15) is 0 Å². The molecule has 0 fully saturated rings. The van der Waals surface area contributed by atoms with E-state index in [0.717, 1.165) is 5.56 Å². The van der Waals surface area contributed by atoms with Gasteiger partial charge in [0, 0.05) is 29.2 Å². The maximum absolute atomic E-state index is 14.8. The van der Waals surface area contributed by atoms with Gasteiger partial charge in [-0.25, -0.2) is 9.37 Å². The highest BCUT2D eigenvalue weighted by atomic mass is 19.1.